The molecule has 0 unspecified atom stereocenters. The Balaban J connectivity index is 2.33. The normalized spacial score (nSPS) is 9.73. The number of hydrogen-bond donors (Lipinski definition) is 2. The number of nitrogens with one attached hydrogen (secondary N) is 2. The van der Waals surface area contributed by atoms with Crippen LogP contribution in [-0.2, 0) is 6.54 Å². The zero-order valence-electron chi connectivity index (χ0n) is 8.09. The topological polar surface area (TPSA) is 41.1 Å². The molecule has 0 aliphatic rings. The third-order valence-electron chi connectivity index (χ3n) is 1.72. The van der Waals surface area contributed by atoms with Crippen molar-refractivity contribution in [1.29, 1.82) is 0 Å². The largest absolute Gasteiger partial charge is 0.337 e. The smallest absolute Gasteiger partial charge is 0.315 e. The molecule has 0 heterocycles. The molecule has 0 saturated carbocycles. The fraction of sp³-hybridized carbons (Fsp3) is 0.300. The van der Waals surface area contributed by atoms with Crippen molar-refractivity contribution in [3.63, 3.8) is 0 Å². The molecule has 0 radical (unpaired) electrons. The van der Waals surface area contributed by atoms with E-state index in [9.17, 15) is 4.79 Å². The Morgan fingerprint density at radius 2 is 2.20 bits per heavy atom. The molecule has 2 amide bonds. The molecule has 0 spiro atoms. The number of alkyl halides is 1. The van der Waals surface area contributed by atoms with Gasteiger partial charge in [-0.05, 0) is 17.7 Å². The third kappa shape index (κ3) is 5.04. The van der Waals surface area contributed by atoms with Crippen molar-refractivity contribution in [1.82, 2.24) is 10.6 Å². The molecule has 0 aliphatic heterocycles. The Morgan fingerprint density at radius 3 is 2.87 bits per heavy atom. The number of amides is 2. The lowest BCUT2D eigenvalue weighted by Crippen LogP contribution is -2.36. The Hall–Kier alpha value is -0.740. The molecule has 1 aromatic rings. The van der Waals surface area contributed by atoms with Crippen molar-refractivity contribution >= 4 is 33.6 Å². The van der Waals surface area contributed by atoms with Gasteiger partial charge < -0.3 is 10.6 Å². The number of halogens is 2. The molecule has 0 bridgehead atoms. The van der Waals surface area contributed by atoms with Gasteiger partial charge in [0.05, 0.1) is 0 Å². The van der Waals surface area contributed by atoms with Crippen LogP contribution in [0.1, 0.15) is 5.56 Å². The minimum absolute atomic E-state index is 0.198. The SMILES string of the molecule is O=C(NCCCl)NCc1cccc(Br)c1. The number of carbonyl (C=O) groups excluding carboxylic acids is 1. The standard InChI is InChI=1S/C10H12BrClN2O/c11-9-3-1-2-8(6-9)7-14-10(15)13-5-4-12/h1-3,6H,4-5,7H2,(H2,13,14,15). The second-order valence-electron chi connectivity index (χ2n) is 2.93. The van der Waals surface area contributed by atoms with Crippen LogP contribution in [0, 0.1) is 0 Å². The highest BCUT2D eigenvalue weighted by Crippen LogP contribution is 2.11. The van der Waals surface area contributed by atoms with Gasteiger partial charge in [-0.3, -0.25) is 0 Å². The third-order valence-corrected chi connectivity index (χ3v) is 2.40. The van der Waals surface area contributed by atoms with E-state index in [0.29, 0.717) is 19.0 Å². The van der Waals surface area contributed by atoms with Crippen LogP contribution in [-0.4, -0.2) is 18.5 Å². The van der Waals surface area contributed by atoms with Crippen LogP contribution in [0.3, 0.4) is 0 Å². The molecular weight excluding hydrogens is 279 g/mol. The minimum atomic E-state index is -0.198. The van der Waals surface area contributed by atoms with E-state index < -0.39 is 0 Å². The first kappa shape index (κ1) is 12.3. The van der Waals surface area contributed by atoms with Gasteiger partial charge in [-0.2, -0.15) is 0 Å². The van der Waals surface area contributed by atoms with Gasteiger partial charge in [0, 0.05) is 23.4 Å². The van der Waals surface area contributed by atoms with Crippen LogP contribution in [0.5, 0.6) is 0 Å². The minimum Gasteiger partial charge on any atom is -0.337 e. The molecule has 2 N–H and O–H groups in total. The maximum Gasteiger partial charge on any atom is 0.315 e. The summed E-state index contributed by atoms with van der Waals surface area (Å²) in [6.07, 6.45) is 0. The van der Waals surface area contributed by atoms with Crippen molar-refractivity contribution in [2.24, 2.45) is 0 Å². The maximum absolute atomic E-state index is 11.2. The molecular formula is C10H12BrClN2O. The maximum atomic E-state index is 11.2. The number of carbonyl (C=O) groups is 1. The lowest BCUT2D eigenvalue weighted by Gasteiger charge is -2.06. The molecule has 0 fully saturated rings. The van der Waals surface area contributed by atoms with Gasteiger partial charge in [-0.1, -0.05) is 28.1 Å². The van der Waals surface area contributed by atoms with Crippen LogP contribution in [0.4, 0.5) is 4.79 Å². The molecule has 0 aliphatic carbocycles. The Kier molecular flexibility index (Phi) is 5.50. The van der Waals surface area contributed by atoms with Crippen LogP contribution >= 0.6 is 27.5 Å². The number of urea groups is 1. The Labute approximate surface area is 102 Å². The molecule has 82 valence electrons. The number of rotatable bonds is 4. The monoisotopic (exact) mass is 290 g/mol. The van der Waals surface area contributed by atoms with E-state index >= 15 is 0 Å². The zero-order chi connectivity index (χ0) is 11.1. The van der Waals surface area contributed by atoms with Crippen molar-refractivity contribution in [3.8, 4) is 0 Å². The second kappa shape index (κ2) is 6.69. The molecule has 1 rings (SSSR count). The number of benzene rings is 1. The van der Waals surface area contributed by atoms with Gasteiger partial charge in [0.2, 0.25) is 0 Å². The zero-order valence-corrected chi connectivity index (χ0v) is 10.4. The van der Waals surface area contributed by atoms with Crippen molar-refractivity contribution in [3.05, 3.63) is 34.3 Å². The van der Waals surface area contributed by atoms with Crippen LogP contribution in [0.2, 0.25) is 0 Å². The Bertz CT molecular complexity index is 333. The predicted molar refractivity (Wildman–Crippen MR) is 65.1 cm³/mol. The highest BCUT2D eigenvalue weighted by atomic mass is 79.9. The van der Waals surface area contributed by atoms with Gasteiger partial charge in [0.15, 0.2) is 0 Å². The quantitative estimate of drug-likeness (QED) is 0.822. The summed E-state index contributed by atoms with van der Waals surface area (Å²) < 4.78 is 1.00. The lowest BCUT2D eigenvalue weighted by molar-refractivity contribution is 0.241. The summed E-state index contributed by atoms with van der Waals surface area (Å²) in [4.78, 5) is 11.2. The van der Waals surface area contributed by atoms with E-state index in [-0.39, 0.29) is 6.03 Å². The van der Waals surface area contributed by atoms with E-state index in [1.54, 1.807) is 0 Å². The average molecular weight is 292 g/mol. The lowest BCUT2D eigenvalue weighted by atomic mass is 10.2. The molecule has 5 heteroatoms. The van der Waals surface area contributed by atoms with Gasteiger partial charge in [-0.25, -0.2) is 4.79 Å². The summed E-state index contributed by atoms with van der Waals surface area (Å²) in [5.74, 6) is 0.421. The average Bonchev–Trinajstić information content (AvgIpc) is 2.23. The molecule has 0 saturated heterocycles. The molecule has 0 aromatic heterocycles. The van der Waals surface area contributed by atoms with E-state index in [1.807, 2.05) is 24.3 Å². The van der Waals surface area contributed by atoms with E-state index in [0.717, 1.165) is 10.0 Å². The highest BCUT2D eigenvalue weighted by molar-refractivity contribution is 9.10. The first-order valence-corrected chi connectivity index (χ1v) is 5.87. The highest BCUT2D eigenvalue weighted by Gasteiger charge is 1.99. The fourth-order valence-electron chi connectivity index (χ4n) is 1.05. The fourth-order valence-corrected chi connectivity index (χ4v) is 1.59. The Morgan fingerprint density at radius 1 is 1.40 bits per heavy atom. The van der Waals surface area contributed by atoms with Crippen LogP contribution in [0.15, 0.2) is 28.7 Å². The summed E-state index contributed by atoms with van der Waals surface area (Å²) in [6, 6.07) is 7.58. The predicted octanol–water partition coefficient (Wildman–Crippen LogP) is 2.49. The number of hydrogen-bond acceptors (Lipinski definition) is 1. The van der Waals surface area contributed by atoms with E-state index in [2.05, 4.69) is 26.6 Å². The molecule has 0 atom stereocenters. The van der Waals surface area contributed by atoms with Gasteiger partial charge in [0.25, 0.3) is 0 Å². The van der Waals surface area contributed by atoms with Crippen molar-refractivity contribution < 1.29 is 4.79 Å². The van der Waals surface area contributed by atoms with Gasteiger partial charge >= 0.3 is 6.03 Å². The van der Waals surface area contributed by atoms with Gasteiger partial charge in [0.1, 0.15) is 0 Å². The summed E-state index contributed by atoms with van der Waals surface area (Å²) in [5, 5.41) is 5.35. The summed E-state index contributed by atoms with van der Waals surface area (Å²) in [6.45, 7) is 0.986. The van der Waals surface area contributed by atoms with Crippen molar-refractivity contribution in [2.45, 2.75) is 6.54 Å². The molecule has 3 nitrogen and oxygen atoms in total. The summed E-state index contributed by atoms with van der Waals surface area (Å²) in [7, 11) is 0. The van der Waals surface area contributed by atoms with Crippen LogP contribution in [0.25, 0.3) is 0 Å². The molecule has 1 aromatic carbocycles. The van der Waals surface area contributed by atoms with Crippen LogP contribution < -0.4 is 10.6 Å². The summed E-state index contributed by atoms with van der Waals surface area (Å²) in [5.41, 5.74) is 1.05. The first-order valence-electron chi connectivity index (χ1n) is 4.54. The molecule has 15 heavy (non-hydrogen) atoms. The van der Waals surface area contributed by atoms with E-state index in [4.69, 9.17) is 11.6 Å². The first-order chi connectivity index (χ1) is 7.22. The van der Waals surface area contributed by atoms with E-state index in [1.165, 1.54) is 0 Å². The van der Waals surface area contributed by atoms with Gasteiger partial charge in [-0.15, -0.1) is 11.6 Å². The second-order valence-corrected chi connectivity index (χ2v) is 4.22. The van der Waals surface area contributed by atoms with Crippen molar-refractivity contribution in [2.75, 3.05) is 12.4 Å². The summed E-state index contributed by atoms with van der Waals surface area (Å²) >= 11 is 8.80.